The van der Waals surface area contributed by atoms with Crippen molar-refractivity contribution in [1.82, 2.24) is 0 Å². The van der Waals surface area contributed by atoms with E-state index in [9.17, 15) is 9.59 Å². The summed E-state index contributed by atoms with van der Waals surface area (Å²) in [5.74, 6) is -1.80. The van der Waals surface area contributed by atoms with E-state index in [0.717, 1.165) is 19.3 Å². The largest absolute Gasteiger partial charge is 0.481 e. The molecule has 0 aliphatic rings. The van der Waals surface area contributed by atoms with Crippen molar-refractivity contribution in [1.29, 1.82) is 0 Å². The second-order valence-corrected chi connectivity index (χ2v) is 5.34. The van der Waals surface area contributed by atoms with Gasteiger partial charge in [0.15, 0.2) is 0 Å². The molecule has 0 aromatic rings. The van der Waals surface area contributed by atoms with Crippen LogP contribution in [0.4, 0.5) is 0 Å². The normalized spacial score (nSPS) is 12.4. The maximum Gasteiger partial charge on any atom is 0.309 e. The summed E-state index contributed by atoms with van der Waals surface area (Å²) in [6, 6.07) is 0. The molecule has 112 valence electrons. The molecule has 0 saturated carbocycles. The van der Waals surface area contributed by atoms with Crippen molar-refractivity contribution in [2.24, 2.45) is 5.92 Å². The molecule has 0 heterocycles. The molecule has 0 amide bonds. The van der Waals surface area contributed by atoms with Crippen LogP contribution in [0, 0.1) is 5.92 Å². The van der Waals surface area contributed by atoms with E-state index in [1.54, 1.807) is 13.8 Å². The number of esters is 1. The first-order chi connectivity index (χ1) is 8.97. The monoisotopic (exact) mass is 272 g/mol. The average Bonchev–Trinajstić information content (AvgIpc) is 2.30. The lowest BCUT2D eigenvalue weighted by molar-refractivity contribution is -0.156. The maximum absolute atomic E-state index is 11.8. The van der Waals surface area contributed by atoms with Crippen LogP contribution in [0.25, 0.3) is 0 Å². The molecule has 0 spiro atoms. The first-order valence-corrected chi connectivity index (χ1v) is 7.39. The van der Waals surface area contributed by atoms with Crippen LogP contribution >= 0.6 is 0 Å². The molecule has 0 aromatic carbocycles. The van der Waals surface area contributed by atoms with Crippen molar-refractivity contribution >= 4 is 11.9 Å². The van der Waals surface area contributed by atoms with Crippen LogP contribution < -0.4 is 0 Å². The molecular weight excluding hydrogens is 244 g/mol. The van der Waals surface area contributed by atoms with Crippen LogP contribution in [0.15, 0.2) is 0 Å². The summed E-state index contributed by atoms with van der Waals surface area (Å²) in [6.45, 7) is 5.73. The molecule has 0 saturated heterocycles. The molecule has 1 unspecified atom stereocenters. The van der Waals surface area contributed by atoms with E-state index < -0.39 is 11.9 Å². The molecule has 0 aliphatic heterocycles. The van der Waals surface area contributed by atoms with Gasteiger partial charge in [0.25, 0.3) is 0 Å². The lowest BCUT2D eigenvalue weighted by atomic mass is 9.97. The van der Waals surface area contributed by atoms with Gasteiger partial charge in [0, 0.05) is 0 Å². The van der Waals surface area contributed by atoms with E-state index in [2.05, 4.69) is 6.92 Å². The third kappa shape index (κ3) is 10.5. The van der Waals surface area contributed by atoms with Crippen molar-refractivity contribution in [2.75, 3.05) is 0 Å². The quantitative estimate of drug-likeness (QED) is 0.459. The van der Waals surface area contributed by atoms with Gasteiger partial charge < -0.3 is 9.84 Å². The molecule has 0 fully saturated rings. The van der Waals surface area contributed by atoms with Gasteiger partial charge >= 0.3 is 11.9 Å². The number of hydrogen-bond acceptors (Lipinski definition) is 3. The number of rotatable bonds is 11. The first kappa shape index (κ1) is 17.9. The van der Waals surface area contributed by atoms with E-state index in [-0.39, 0.29) is 18.5 Å². The third-order valence-electron chi connectivity index (χ3n) is 3.01. The van der Waals surface area contributed by atoms with Crippen molar-refractivity contribution in [3.8, 4) is 0 Å². The van der Waals surface area contributed by atoms with Gasteiger partial charge in [-0.3, -0.25) is 9.59 Å². The van der Waals surface area contributed by atoms with Crippen LogP contribution in [-0.2, 0) is 14.3 Å². The summed E-state index contributed by atoms with van der Waals surface area (Å²) in [6.07, 6.45) is 7.10. The standard InChI is InChI=1S/C15H28O4/c1-4-5-6-7-8-9-10-13(11-14(16)17)15(18)19-12(2)3/h12-13H,4-11H2,1-3H3,(H,16,17). The number of unbranched alkanes of at least 4 members (excludes halogenated alkanes) is 5. The molecular formula is C15H28O4. The van der Waals surface area contributed by atoms with Gasteiger partial charge in [0.05, 0.1) is 18.4 Å². The summed E-state index contributed by atoms with van der Waals surface area (Å²) >= 11 is 0. The molecule has 0 aromatic heterocycles. The first-order valence-electron chi connectivity index (χ1n) is 7.39. The van der Waals surface area contributed by atoms with Gasteiger partial charge in [0.1, 0.15) is 0 Å². The van der Waals surface area contributed by atoms with Gasteiger partial charge in [-0.15, -0.1) is 0 Å². The van der Waals surface area contributed by atoms with Gasteiger partial charge in [-0.25, -0.2) is 0 Å². The van der Waals surface area contributed by atoms with Crippen molar-refractivity contribution in [3.05, 3.63) is 0 Å². The van der Waals surface area contributed by atoms with Gasteiger partial charge in [-0.05, 0) is 20.3 Å². The summed E-state index contributed by atoms with van der Waals surface area (Å²) < 4.78 is 5.11. The fourth-order valence-corrected chi connectivity index (χ4v) is 2.01. The van der Waals surface area contributed by atoms with Crippen LogP contribution in [-0.4, -0.2) is 23.1 Å². The Labute approximate surface area is 116 Å². The van der Waals surface area contributed by atoms with Crippen LogP contribution in [0.1, 0.15) is 72.1 Å². The highest BCUT2D eigenvalue weighted by atomic mass is 16.5. The van der Waals surface area contributed by atoms with E-state index in [4.69, 9.17) is 9.84 Å². The Hall–Kier alpha value is -1.06. The molecule has 0 bridgehead atoms. The lowest BCUT2D eigenvalue weighted by Crippen LogP contribution is -2.23. The number of carboxylic acids is 1. The van der Waals surface area contributed by atoms with E-state index in [0.29, 0.717) is 6.42 Å². The number of carbonyl (C=O) groups excluding carboxylic acids is 1. The summed E-state index contributed by atoms with van der Waals surface area (Å²) in [7, 11) is 0. The minimum absolute atomic E-state index is 0.124. The minimum Gasteiger partial charge on any atom is -0.481 e. The number of ether oxygens (including phenoxy) is 1. The Morgan fingerprint density at radius 2 is 1.63 bits per heavy atom. The van der Waals surface area contributed by atoms with Crippen LogP contribution in [0.5, 0.6) is 0 Å². The topological polar surface area (TPSA) is 63.6 Å². The number of carboxylic acid groups (broad SMARTS) is 1. The molecule has 0 radical (unpaired) electrons. The zero-order valence-electron chi connectivity index (χ0n) is 12.5. The smallest absolute Gasteiger partial charge is 0.309 e. The number of aliphatic carboxylic acids is 1. The molecule has 1 N–H and O–H groups in total. The average molecular weight is 272 g/mol. The Bertz CT molecular complexity index is 261. The minimum atomic E-state index is -0.934. The fourth-order valence-electron chi connectivity index (χ4n) is 2.01. The lowest BCUT2D eigenvalue weighted by Gasteiger charge is -2.16. The van der Waals surface area contributed by atoms with Gasteiger partial charge in [-0.1, -0.05) is 45.4 Å². The highest BCUT2D eigenvalue weighted by molar-refractivity contribution is 5.79. The van der Waals surface area contributed by atoms with Gasteiger partial charge in [0.2, 0.25) is 0 Å². The predicted molar refractivity (Wildman–Crippen MR) is 75.0 cm³/mol. The molecule has 0 aliphatic carbocycles. The van der Waals surface area contributed by atoms with E-state index in [1.807, 2.05) is 0 Å². The molecule has 19 heavy (non-hydrogen) atoms. The molecule has 0 rings (SSSR count). The SMILES string of the molecule is CCCCCCCCC(CC(=O)O)C(=O)OC(C)C. The van der Waals surface area contributed by atoms with Gasteiger partial charge in [-0.2, -0.15) is 0 Å². The number of carbonyl (C=O) groups is 2. The molecule has 1 atom stereocenters. The predicted octanol–water partition coefficient (Wildman–Crippen LogP) is 3.78. The Morgan fingerprint density at radius 3 is 2.16 bits per heavy atom. The molecule has 4 heteroatoms. The maximum atomic E-state index is 11.8. The Morgan fingerprint density at radius 1 is 1.05 bits per heavy atom. The Balaban J connectivity index is 3.99. The van der Waals surface area contributed by atoms with Crippen molar-refractivity contribution < 1.29 is 19.4 Å². The third-order valence-corrected chi connectivity index (χ3v) is 3.01. The van der Waals surface area contributed by atoms with Crippen molar-refractivity contribution in [3.63, 3.8) is 0 Å². The fraction of sp³-hybridized carbons (Fsp3) is 0.867. The van der Waals surface area contributed by atoms with E-state index >= 15 is 0 Å². The summed E-state index contributed by atoms with van der Waals surface area (Å²) in [5, 5.41) is 8.83. The van der Waals surface area contributed by atoms with Crippen LogP contribution in [0.2, 0.25) is 0 Å². The highest BCUT2D eigenvalue weighted by Gasteiger charge is 2.23. The highest BCUT2D eigenvalue weighted by Crippen LogP contribution is 2.17. The zero-order chi connectivity index (χ0) is 14.7. The second kappa shape index (κ2) is 10.8. The molecule has 4 nitrogen and oxygen atoms in total. The van der Waals surface area contributed by atoms with Crippen molar-refractivity contribution in [2.45, 2.75) is 78.2 Å². The Kier molecular flexibility index (Phi) is 10.2. The summed E-state index contributed by atoms with van der Waals surface area (Å²) in [5.41, 5.74) is 0. The zero-order valence-corrected chi connectivity index (χ0v) is 12.5. The summed E-state index contributed by atoms with van der Waals surface area (Å²) in [4.78, 5) is 22.5. The van der Waals surface area contributed by atoms with Crippen LogP contribution in [0.3, 0.4) is 0 Å². The van der Waals surface area contributed by atoms with E-state index in [1.165, 1.54) is 19.3 Å². The second-order valence-electron chi connectivity index (χ2n) is 5.34. The number of hydrogen-bond donors (Lipinski definition) is 1.